The zero-order valence-electron chi connectivity index (χ0n) is 9.82. The molecular weight excluding hydrogens is 248 g/mol. The van der Waals surface area contributed by atoms with Crippen LogP contribution in [0.4, 0.5) is 0 Å². The molecule has 18 heavy (non-hydrogen) atoms. The van der Waals surface area contributed by atoms with Gasteiger partial charge in [0.2, 0.25) is 0 Å². The quantitative estimate of drug-likeness (QED) is 0.338. The summed E-state index contributed by atoms with van der Waals surface area (Å²) in [6.07, 6.45) is -2.56. The third kappa shape index (κ3) is 7.17. The van der Waals surface area contributed by atoms with E-state index in [4.69, 9.17) is 20.4 Å². The van der Waals surface area contributed by atoms with E-state index in [0.29, 0.717) is 0 Å². The fourth-order valence-electron chi connectivity index (χ4n) is 0.958. The largest absolute Gasteiger partial charge is 0.457 e. The molecule has 0 heterocycles. The van der Waals surface area contributed by atoms with Crippen molar-refractivity contribution in [1.29, 1.82) is 0 Å². The number of rotatable bonds is 9. The standard InChI is InChI=1S/C10H18O8/c11-3-7(4-12)17-9(15)1-2-10(16)18-8(5-13)6-14/h7-8,11-14H,1-6H2. The lowest BCUT2D eigenvalue weighted by atomic mass is 10.3. The normalized spacial score (nSPS) is 10.8. The van der Waals surface area contributed by atoms with Gasteiger partial charge in [-0.2, -0.15) is 0 Å². The van der Waals surface area contributed by atoms with E-state index >= 15 is 0 Å². The molecule has 0 bridgehead atoms. The van der Waals surface area contributed by atoms with Gasteiger partial charge in [0.1, 0.15) is 12.2 Å². The second-order valence-corrected chi connectivity index (χ2v) is 3.45. The fraction of sp³-hybridized carbons (Fsp3) is 0.800. The van der Waals surface area contributed by atoms with Crippen LogP contribution in [-0.2, 0) is 19.1 Å². The summed E-state index contributed by atoms with van der Waals surface area (Å²) in [7, 11) is 0. The summed E-state index contributed by atoms with van der Waals surface area (Å²) in [5, 5.41) is 34.6. The second kappa shape index (κ2) is 9.77. The van der Waals surface area contributed by atoms with Crippen molar-refractivity contribution in [3.05, 3.63) is 0 Å². The van der Waals surface area contributed by atoms with Crippen molar-refractivity contribution >= 4 is 11.9 Å². The van der Waals surface area contributed by atoms with Crippen LogP contribution in [-0.4, -0.2) is 71.0 Å². The Morgan fingerprint density at radius 2 is 1.00 bits per heavy atom. The Kier molecular flexibility index (Phi) is 9.11. The predicted molar refractivity (Wildman–Crippen MR) is 57.3 cm³/mol. The Morgan fingerprint density at radius 3 is 1.22 bits per heavy atom. The summed E-state index contributed by atoms with van der Waals surface area (Å²) >= 11 is 0. The van der Waals surface area contributed by atoms with Gasteiger partial charge in [-0.25, -0.2) is 0 Å². The van der Waals surface area contributed by atoms with Gasteiger partial charge in [0.05, 0.1) is 39.3 Å². The molecule has 0 radical (unpaired) electrons. The van der Waals surface area contributed by atoms with Crippen molar-refractivity contribution in [2.75, 3.05) is 26.4 Å². The van der Waals surface area contributed by atoms with Gasteiger partial charge in [-0.15, -0.1) is 0 Å². The Labute approximate surface area is 104 Å². The third-order valence-corrected chi connectivity index (χ3v) is 1.94. The number of esters is 2. The Balaban J connectivity index is 3.87. The van der Waals surface area contributed by atoms with Crippen LogP contribution < -0.4 is 0 Å². The first-order valence-corrected chi connectivity index (χ1v) is 5.39. The molecule has 106 valence electrons. The average molecular weight is 266 g/mol. The first-order valence-electron chi connectivity index (χ1n) is 5.39. The van der Waals surface area contributed by atoms with Crippen molar-refractivity contribution in [1.82, 2.24) is 0 Å². The van der Waals surface area contributed by atoms with Gasteiger partial charge in [-0.1, -0.05) is 0 Å². The molecule has 8 nitrogen and oxygen atoms in total. The second-order valence-electron chi connectivity index (χ2n) is 3.45. The van der Waals surface area contributed by atoms with Gasteiger partial charge in [-0.05, 0) is 0 Å². The number of ether oxygens (including phenoxy) is 2. The van der Waals surface area contributed by atoms with Crippen LogP contribution in [0.25, 0.3) is 0 Å². The monoisotopic (exact) mass is 266 g/mol. The molecule has 4 N–H and O–H groups in total. The van der Waals surface area contributed by atoms with Gasteiger partial charge in [0.15, 0.2) is 0 Å². The van der Waals surface area contributed by atoms with Gasteiger partial charge in [0.25, 0.3) is 0 Å². The smallest absolute Gasteiger partial charge is 0.306 e. The van der Waals surface area contributed by atoms with Crippen molar-refractivity contribution in [2.24, 2.45) is 0 Å². The van der Waals surface area contributed by atoms with Crippen LogP contribution in [0, 0.1) is 0 Å². The van der Waals surface area contributed by atoms with Gasteiger partial charge < -0.3 is 29.9 Å². The van der Waals surface area contributed by atoms with Gasteiger partial charge >= 0.3 is 11.9 Å². The summed E-state index contributed by atoms with van der Waals surface area (Å²) in [5.41, 5.74) is 0. The molecule has 0 atom stereocenters. The molecular formula is C10H18O8. The molecule has 0 unspecified atom stereocenters. The minimum atomic E-state index is -1.00. The number of aliphatic hydroxyl groups is 4. The Morgan fingerprint density at radius 1 is 0.722 bits per heavy atom. The van der Waals surface area contributed by atoms with Crippen LogP contribution in [0.15, 0.2) is 0 Å². The zero-order chi connectivity index (χ0) is 14.0. The molecule has 0 saturated heterocycles. The number of carbonyl (C=O) groups excluding carboxylic acids is 2. The van der Waals surface area contributed by atoms with Crippen molar-refractivity contribution < 1.29 is 39.5 Å². The molecule has 0 aromatic carbocycles. The molecule has 8 heteroatoms. The van der Waals surface area contributed by atoms with Gasteiger partial charge in [0, 0.05) is 0 Å². The van der Waals surface area contributed by atoms with Crippen LogP contribution in [0.5, 0.6) is 0 Å². The number of hydrogen-bond acceptors (Lipinski definition) is 8. The van der Waals surface area contributed by atoms with Gasteiger partial charge in [-0.3, -0.25) is 9.59 Å². The number of carbonyl (C=O) groups is 2. The van der Waals surface area contributed by atoms with Crippen LogP contribution in [0.1, 0.15) is 12.8 Å². The van der Waals surface area contributed by atoms with E-state index in [2.05, 4.69) is 9.47 Å². The summed E-state index contributed by atoms with van der Waals surface area (Å²) in [6, 6.07) is 0. The molecule has 0 rings (SSSR count). The molecule has 0 spiro atoms. The fourth-order valence-corrected chi connectivity index (χ4v) is 0.958. The van der Waals surface area contributed by atoms with E-state index in [1.165, 1.54) is 0 Å². The molecule has 0 fully saturated rings. The SMILES string of the molecule is O=C(CCC(=O)OC(CO)CO)OC(CO)CO. The summed E-state index contributed by atoms with van der Waals surface area (Å²) in [6.45, 7) is -2.04. The van der Waals surface area contributed by atoms with Crippen LogP contribution in [0.2, 0.25) is 0 Å². The molecule has 0 aliphatic carbocycles. The lowest BCUT2D eigenvalue weighted by molar-refractivity contribution is -0.160. The maximum absolute atomic E-state index is 11.1. The lowest BCUT2D eigenvalue weighted by Crippen LogP contribution is -2.27. The number of aliphatic hydroxyl groups excluding tert-OH is 4. The predicted octanol–water partition coefficient (Wildman–Crippen LogP) is -2.44. The highest BCUT2D eigenvalue weighted by molar-refractivity contribution is 5.77. The van der Waals surface area contributed by atoms with E-state index in [1.54, 1.807) is 0 Å². The molecule has 0 aromatic rings. The Hall–Kier alpha value is -1.22. The van der Waals surface area contributed by atoms with Crippen LogP contribution >= 0.6 is 0 Å². The van der Waals surface area contributed by atoms with Crippen molar-refractivity contribution in [3.63, 3.8) is 0 Å². The molecule has 0 aliphatic rings. The van der Waals surface area contributed by atoms with E-state index in [1.807, 2.05) is 0 Å². The lowest BCUT2D eigenvalue weighted by Gasteiger charge is -2.14. The third-order valence-electron chi connectivity index (χ3n) is 1.94. The maximum Gasteiger partial charge on any atom is 0.306 e. The number of hydrogen-bond donors (Lipinski definition) is 4. The molecule has 0 amide bonds. The van der Waals surface area contributed by atoms with E-state index in [-0.39, 0.29) is 12.8 Å². The van der Waals surface area contributed by atoms with Crippen LogP contribution in [0.3, 0.4) is 0 Å². The minimum Gasteiger partial charge on any atom is -0.457 e. The first kappa shape index (κ1) is 16.8. The summed E-state index contributed by atoms with van der Waals surface area (Å²) in [5.74, 6) is -1.52. The highest BCUT2D eigenvalue weighted by atomic mass is 16.6. The Bertz CT molecular complexity index is 220. The minimum absolute atomic E-state index is 0.279. The molecule has 0 saturated carbocycles. The molecule has 0 aromatic heterocycles. The topological polar surface area (TPSA) is 134 Å². The van der Waals surface area contributed by atoms with E-state index in [9.17, 15) is 9.59 Å². The highest BCUT2D eigenvalue weighted by Gasteiger charge is 2.16. The van der Waals surface area contributed by atoms with E-state index < -0.39 is 50.6 Å². The maximum atomic E-state index is 11.1. The zero-order valence-corrected chi connectivity index (χ0v) is 9.82. The average Bonchev–Trinajstić information content (AvgIpc) is 2.39. The van der Waals surface area contributed by atoms with E-state index in [0.717, 1.165) is 0 Å². The van der Waals surface area contributed by atoms with Crippen molar-refractivity contribution in [3.8, 4) is 0 Å². The summed E-state index contributed by atoms with van der Waals surface area (Å²) in [4.78, 5) is 22.3. The highest BCUT2D eigenvalue weighted by Crippen LogP contribution is 2.01. The summed E-state index contributed by atoms with van der Waals surface area (Å²) < 4.78 is 9.22. The van der Waals surface area contributed by atoms with Crippen molar-refractivity contribution in [2.45, 2.75) is 25.0 Å². The first-order chi connectivity index (χ1) is 8.57. The molecule has 0 aliphatic heterocycles.